The Morgan fingerprint density at radius 2 is 1.96 bits per heavy atom. The minimum absolute atomic E-state index is 0.376. The first-order valence-corrected chi connectivity index (χ1v) is 7.56. The average molecular weight is 333 g/mol. The molecule has 5 heterocycles. The van der Waals surface area contributed by atoms with Crippen LogP contribution in [-0.4, -0.2) is 34.6 Å². The molecular weight excluding hydrogens is 322 g/mol. The molecule has 0 N–H and O–H groups in total. The molecule has 0 atom stereocenters. The molecule has 0 aliphatic carbocycles. The van der Waals surface area contributed by atoms with Crippen LogP contribution in [-0.2, 0) is 0 Å². The molecule has 25 heavy (non-hydrogen) atoms. The highest BCUT2D eigenvalue weighted by Gasteiger charge is 2.20. The molecule has 5 rings (SSSR count). The summed E-state index contributed by atoms with van der Waals surface area (Å²) in [6, 6.07) is 1.88. The van der Waals surface area contributed by atoms with Crippen LogP contribution in [0.4, 0.5) is 0 Å². The Labute approximate surface area is 140 Å². The summed E-state index contributed by atoms with van der Waals surface area (Å²) < 4.78 is 12.6. The van der Waals surface area contributed by atoms with Gasteiger partial charge < -0.3 is 9.05 Å². The van der Waals surface area contributed by atoms with Crippen LogP contribution in [0.25, 0.3) is 39.7 Å². The average Bonchev–Trinajstić information content (AvgIpc) is 3.32. The highest BCUT2D eigenvalue weighted by Crippen LogP contribution is 2.31. The fourth-order valence-corrected chi connectivity index (χ4v) is 2.83. The fourth-order valence-electron chi connectivity index (χ4n) is 2.83. The third-order valence-electron chi connectivity index (χ3n) is 3.95. The standard InChI is InChI=1S/C16H11N7O2/c1-8-5-10(13-9(2)21-25-16(13)19-8)15-20-14(22-24-15)11-6-18-12-7-17-3-4-23(11)12/h3-7H,1-2H3. The van der Waals surface area contributed by atoms with Crippen molar-refractivity contribution in [3.63, 3.8) is 0 Å². The van der Waals surface area contributed by atoms with Gasteiger partial charge in [0.15, 0.2) is 5.65 Å². The summed E-state index contributed by atoms with van der Waals surface area (Å²) in [4.78, 5) is 17.2. The van der Waals surface area contributed by atoms with E-state index in [9.17, 15) is 0 Å². The number of fused-ring (bicyclic) bond motifs is 2. The predicted molar refractivity (Wildman–Crippen MR) is 86.6 cm³/mol. The van der Waals surface area contributed by atoms with Gasteiger partial charge >= 0.3 is 0 Å². The predicted octanol–water partition coefficient (Wildman–Crippen LogP) is 2.60. The van der Waals surface area contributed by atoms with Crippen LogP contribution < -0.4 is 0 Å². The van der Waals surface area contributed by atoms with Gasteiger partial charge in [0.1, 0.15) is 5.69 Å². The second-order valence-corrected chi connectivity index (χ2v) is 5.63. The van der Waals surface area contributed by atoms with E-state index in [1.54, 1.807) is 24.8 Å². The molecule has 0 aromatic carbocycles. The zero-order chi connectivity index (χ0) is 17.0. The lowest BCUT2D eigenvalue weighted by molar-refractivity contribution is 0.432. The molecule has 0 spiro atoms. The summed E-state index contributed by atoms with van der Waals surface area (Å²) in [7, 11) is 0. The molecule has 0 fully saturated rings. The van der Waals surface area contributed by atoms with Gasteiger partial charge in [-0.25, -0.2) is 9.97 Å². The number of imidazole rings is 1. The lowest BCUT2D eigenvalue weighted by Gasteiger charge is -1.98. The van der Waals surface area contributed by atoms with Gasteiger partial charge in [0.05, 0.1) is 29.0 Å². The quantitative estimate of drug-likeness (QED) is 0.485. The highest BCUT2D eigenvalue weighted by atomic mass is 16.5. The number of hydrogen-bond acceptors (Lipinski definition) is 8. The van der Waals surface area contributed by atoms with Crippen LogP contribution in [0.2, 0.25) is 0 Å². The Balaban J connectivity index is 1.70. The minimum Gasteiger partial charge on any atom is -0.336 e. The second-order valence-electron chi connectivity index (χ2n) is 5.63. The van der Waals surface area contributed by atoms with Crippen molar-refractivity contribution in [3.8, 4) is 23.0 Å². The molecule has 9 nitrogen and oxygen atoms in total. The molecule has 0 radical (unpaired) electrons. The van der Waals surface area contributed by atoms with Crippen molar-refractivity contribution < 1.29 is 9.05 Å². The van der Waals surface area contributed by atoms with Gasteiger partial charge in [-0.05, 0) is 19.9 Å². The topological polar surface area (TPSA) is 108 Å². The first kappa shape index (κ1) is 13.8. The van der Waals surface area contributed by atoms with Crippen molar-refractivity contribution in [1.29, 1.82) is 0 Å². The normalized spacial score (nSPS) is 11.6. The largest absolute Gasteiger partial charge is 0.336 e. The summed E-state index contributed by atoms with van der Waals surface area (Å²) >= 11 is 0. The molecule has 9 heteroatoms. The van der Waals surface area contributed by atoms with Gasteiger partial charge in [-0.15, -0.1) is 0 Å². The zero-order valence-electron chi connectivity index (χ0n) is 13.3. The van der Waals surface area contributed by atoms with Crippen molar-refractivity contribution in [3.05, 3.63) is 42.2 Å². The Kier molecular flexibility index (Phi) is 2.72. The third-order valence-corrected chi connectivity index (χ3v) is 3.95. The lowest BCUT2D eigenvalue weighted by atomic mass is 10.1. The van der Waals surface area contributed by atoms with Gasteiger partial charge in [0, 0.05) is 18.1 Å². The van der Waals surface area contributed by atoms with Crippen molar-refractivity contribution >= 4 is 16.7 Å². The molecule has 0 unspecified atom stereocenters. The van der Waals surface area contributed by atoms with E-state index in [1.807, 2.05) is 24.3 Å². The van der Waals surface area contributed by atoms with E-state index in [0.29, 0.717) is 23.1 Å². The third kappa shape index (κ3) is 2.02. The number of nitrogens with zero attached hydrogens (tertiary/aromatic N) is 7. The monoisotopic (exact) mass is 333 g/mol. The number of pyridine rings is 1. The summed E-state index contributed by atoms with van der Waals surface area (Å²) in [5, 5.41) is 8.84. The van der Waals surface area contributed by atoms with Gasteiger partial charge in [-0.1, -0.05) is 10.3 Å². The Morgan fingerprint density at radius 1 is 1.04 bits per heavy atom. The maximum atomic E-state index is 5.50. The number of aryl methyl sites for hydroxylation is 2. The highest BCUT2D eigenvalue weighted by molar-refractivity contribution is 5.91. The van der Waals surface area contributed by atoms with Crippen molar-refractivity contribution in [1.82, 2.24) is 34.6 Å². The zero-order valence-corrected chi connectivity index (χ0v) is 13.3. The Bertz CT molecular complexity index is 1230. The molecular formula is C16H11N7O2. The van der Waals surface area contributed by atoms with Crippen LogP contribution in [0.3, 0.4) is 0 Å². The Morgan fingerprint density at radius 3 is 2.88 bits per heavy atom. The molecule has 5 aromatic rings. The molecule has 5 aromatic heterocycles. The second kappa shape index (κ2) is 4.94. The molecule has 0 saturated heterocycles. The van der Waals surface area contributed by atoms with E-state index in [0.717, 1.165) is 28.0 Å². The van der Waals surface area contributed by atoms with Crippen molar-refractivity contribution in [2.24, 2.45) is 0 Å². The number of aromatic nitrogens is 7. The maximum absolute atomic E-state index is 5.50. The molecule has 0 amide bonds. The first-order chi connectivity index (χ1) is 12.2. The van der Waals surface area contributed by atoms with Crippen molar-refractivity contribution in [2.75, 3.05) is 0 Å². The summed E-state index contributed by atoms with van der Waals surface area (Å²) in [6.07, 6.45) is 6.83. The molecule has 0 aliphatic rings. The molecule has 122 valence electrons. The SMILES string of the molecule is Cc1cc(-c2nc(-c3cnc4cnccn34)no2)c2c(C)noc2n1. The first-order valence-electron chi connectivity index (χ1n) is 7.56. The number of rotatable bonds is 2. The smallest absolute Gasteiger partial charge is 0.259 e. The van der Waals surface area contributed by atoms with Crippen LogP contribution in [0, 0.1) is 13.8 Å². The summed E-state index contributed by atoms with van der Waals surface area (Å²) in [5.74, 6) is 0.811. The van der Waals surface area contributed by atoms with Crippen LogP contribution >= 0.6 is 0 Å². The van der Waals surface area contributed by atoms with Crippen LogP contribution in [0.15, 0.2) is 39.9 Å². The van der Waals surface area contributed by atoms with E-state index >= 15 is 0 Å². The summed E-state index contributed by atoms with van der Waals surface area (Å²) in [6.45, 7) is 3.72. The van der Waals surface area contributed by atoms with E-state index in [2.05, 4.69) is 30.2 Å². The van der Waals surface area contributed by atoms with E-state index in [4.69, 9.17) is 9.05 Å². The van der Waals surface area contributed by atoms with Gasteiger partial charge in [-0.2, -0.15) is 4.98 Å². The summed E-state index contributed by atoms with van der Waals surface area (Å²) in [5.41, 5.74) is 4.12. The minimum atomic E-state index is 0.376. The van der Waals surface area contributed by atoms with Crippen molar-refractivity contribution in [2.45, 2.75) is 13.8 Å². The fraction of sp³-hybridized carbons (Fsp3) is 0.125. The van der Waals surface area contributed by atoms with E-state index in [-0.39, 0.29) is 0 Å². The molecule has 0 saturated carbocycles. The van der Waals surface area contributed by atoms with Crippen LogP contribution in [0.5, 0.6) is 0 Å². The lowest BCUT2D eigenvalue weighted by Crippen LogP contribution is -1.90. The van der Waals surface area contributed by atoms with E-state index in [1.165, 1.54) is 0 Å². The molecule has 0 bridgehead atoms. The number of hydrogen-bond donors (Lipinski definition) is 0. The maximum Gasteiger partial charge on any atom is 0.259 e. The Hall–Kier alpha value is -3.62. The van der Waals surface area contributed by atoms with Crippen LogP contribution in [0.1, 0.15) is 11.4 Å². The van der Waals surface area contributed by atoms with Gasteiger partial charge in [0.25, 0.3) is 11.6 Å². The van der Waals surface area contributed by atoms with E-state index < -0.39 is 0 Å². The molecule has 0 aliphatic heterocycles. The van der Waals surface area contributed by atoms with Gasteiger partial charge in [0.2, 0.25) is 5.82 Å². The van der Waals surface area contributed by atoms with Gasteiger partial charge in [-0.3, -0.25) is 9.38 Å².